The maximum absolute atomic E-state index is 12.1. The van der Waals surface area contributed by atoms with Crippen LogP contribution < -0.4 is 10.0 Å². The quantitative estimate of drug-likeness (QED) is 0.625. The van der Waals surface area contributed by atoms with E-state index in [1.54, 1.807) is 23.8 Å². The highest BCUT2D eigenvalue weighted by atomic mass is 32.2. The van der Waals surface area contributed by atoms with E-state index in [4.69, 9.17) is 0 Å². The predicted molar refractivity (Wildman–Crippen MR) is 80.3 cm³/mol. The van der Waals surface area contributed by atoms with Gasteiger partial charge < -0.3 is 5.32 Å². The molecule has 2 heterocycles. The minimum atomic E-state index is -3.81. The van der Waals surface area contributed by atoms with Gasteiger partial charge in [0.25, 0.3) is 10.0 Å². The number of nitrogens with zero attached hydrogens (tertiary/aromatic N) is 1. The standard InChI is InChI=1S/C10H11N3O4S3/c1-2-11-10-8(13(14)15)5-9(19-10)20(16,17)12-7-3-4-18-6-7/h3-6,11-12H,2H2,1H3. The Morgan fingerprint density at radius 3 is 2.75 bits per heavy atom. The number of nitro groups is 1. The molecule has 2 aromatic rings. The summed E-state index contributed by atoms with van der Waals surface area (Å²) >= 11 is 2.19. The molecule has 0 saturated heterocycles. The summed E-state index contributed by atoms with van der Waals surface area (Å²) < 4.78 is 26.6. The molecule has 0 aliphatic carbocycles. The Morgan fingerprint density at radius 1 is 1.45 bits per heavy atom. The van der Waals surface area contributed by atoms with Crippen molar-refractivity contribution in [1.82, 2.24) is 0 Å². The van der Waals surface area contributed by atoms with Gasteiger partial charge in [-0.05, 0) is 18.4 Å². The molecule has 0 unspecified atom stereocenters. The van der Waals surface area contributed by atoms with Gasteiger partial charge >= 0.3 is 5.69 Å². The zero-order chi connectivity index (χ0) is 14.8. The molecule has 0 radical (unpaired) electrons. The molecule has 0 aliphatic heterocycles. The van der Waals surface area contributed by atoms with Crippen molar-refractivity contribution in [2.24, 2.45) is 0 Å². The van der Waals surface area contributed by atoms with Crippen LogP contribution in [0.15, 0.2) is 27.1 Å². The van der Waals surface area contributed by atoms with E-state index in [1.807, 2.05) is 0 Å². The monoisotopic (exact) mass is 333 g/mol. The van der Waals surface area contributed by atoms with E-state index in [0.29, 0.717) is 12.2 Å². The highest BCUT2D eigenvalue weighted by Crippen LogP contribution is 2.37. The molecule has 0 saturated carbocycles. The van der Waals surface area contributed by atoms with E-state index in [9.17, 15) is 18.5 Å². The fourth-order valence-electron chi connectivity index (χ4n) is 1.44. The van der Waals surface area contributed by atoms with Crippen LogP contribution in [0.2, 0.25) is 0 Å². The first-order chi connectivity index (χ1) is 9.44. The molecule has 0 atom stereocenters. The Hall–Kier alpha value is -1.65. The van der Waals surface area contributed by atoms with Gasteiger partial charge in [0.15, 0.2) is 5.00 Å². The molecule has 0 bridgehead atoms. The molecule has 108 valence electrons. The van der Waals surface area contributed by atoms with E-state index in [0.717, 1.165) is 17.4 Å². The van der Waals surface area contributed by atoms with Crippen LogP contribution in [0.3, 0.4) is 0 Å². The summed E-state index contributed by atoms with van der Waals surface area (Å²) in [5.41, 5.74) is 0.207. The average molecular weight is 333 g/mol. The SMILES string of the molecule is CCNc1sc(S(=O)(=O)Nc2ccsc2)cc1[N+](=O)[O-]. The van der Waals surface area contributed by atoms with Gasteiger partial charge in [-0.1, -0.05) is 11.3 Å². The van der Waals surface area contributed by atoms with Crippen LogP contribution in [0.4, 0.5) is 16.4 Å². The van der Waals surface area contributed by atoms with Gasteiger partial charge in [0, 0.05) is 18.0 Å². The first kappa shape index (κ1) is 14.8. The molecule has 0 amide bonds. The summed E-state index contributed by atoms with van der Waals surface area (Å²) in [6.07, 6.45) is 0. The summed E-state index contributed by atoms with van der Waals surface area (Å²) in [5, 5.41) is 17.3. The first-order valence-corrected chi connectivity index (χ1v) is 8.75. The zero-order valence-corrected chi connectivity index (χ0v) is 12.8. The summed E-state index contributed by atoms with van der Waals surface area (Å²) in [6, 6.07) is 2.69. The van der Waals surface area contributed by atoms with Crippen LogP contribution in [-0.4, -0.2) is 19.9 Å². The number of hydrogen-bond acceptors (Lipinski definition) is 7. The molecule has 2 N–H and O–H groups in total. The van der Waals surface area contributed by atoms with Crippen LogP contribution in [0, 0.1) is 10.1 Å². The molecule has 0 aliphatic rings. The third-order valence-corrected chi connectivity index (χ3v) is 5.88. The predicted octanol–water partition coefficient (Wildman–Crippen LogP) is 2.95. The number of nitrogens with one attached hydrogen (secondary N) is 2. The number of thiophene rings is 2. The third-order valence-electron chi connectivity index (χ3n) is 2.26. The molecular formula is C10H11N3O4S3. The molecule has 2 aromatic heterocycles. The van der Waals surface area contributed by atoms with Crippen molar-refractivity contribution in [3.05, 3.63) is 33.0 Å². The normalized spacial score (nSPS) is 11.2. The van der Waals surface area contributed by atoms with E-state index >= 15 is 0 Å². The fraction of sp³-hybridized carbons (Fsp3) is 0.200. The fourth-order valence-corrected chi connectivity index (χ4v) is 4.55. The number of hydrogen-bond donors (Lipinski definition) is 2. The Bertz CT molecular complexity index is 706. The van der Waals surface area contributed by atoms with Crippen LogP contribution >= 0.6 is 22.7 Å². The third kappa shape index (κ3) is 3.08. The minimum Gasteiger partial charge on any atom is -0.372 e. The number of rotatable bonds is 6. The molecule has 0 aromatic carbocycles. The van der Waals surface area contributed by atoms with E-state index < -0.39 is 14.9 Å². The van der Waals surface area contributed by atoms with Crippen LogP contribution in [-0.2, 0) is 10.0 Å². The minimum absolute atomic E-state index is 0.0913. The smallest absolute Gasteiger partial charge is 0.304 e. The van der Waals surface area contributed by atoms with Crippen molar-refractivity contribution in [3.8, 4) is 0 Å². The van der Waals surface area contributed by atoms with Gasteiger partial charge in [-0.2, -0.15) is 11.3 Å². The molecule has 20 heavy (non-hydrogen) atoms. The summed E-state index contributed by atoms with van der Waals surface area (Å²) in [4.78, 5) is 10.3. The lowest BCUT2D eigenvalue weighted by Crippen LogP contribution is -2.10. The lowest BCUT2D eigenvalue weighted by Gasteiger charge is -2.02. The lowest BCUT2D eigenvalue weighted by atomic mass is 10.5. The second kappa shape index (κ2) is 5.77. The van der Waals surface area contributed by atoms with Gasteiger partial charge in [0.2, 0.25) is 0 Å². The van der Waals surface area contributed by atoms with Gasteiger partial charge in [-0.25, -0.2) is 8.42 Å². The van der Waals surface area contributed by atoms with Crippen molar-refractivity contribution < 1.29 is 13.3 Å². The van der Waals surface area contributed by atoms with E-state index in [2.05, 4.69) is 10.0 Å². The van der Waals surface area contributed by atoms with Gasteiger partial charge in [0.05, 0.1) is 10.6 Å². The van der Waals surface area contributed by atoms with Crippen molar-refractivity contribution in [1.29, 1.82) is 0 Å². The Morgan fingerprint density at radius 2 is 2.20 bits per heavy atom. The largest absolute Gasteiger partial charge is 0.372 e. The topological polar surface area (TPSA) is 101 Å². The molecule has 7 nitrogen and oxygen atoms in total. The van der Waals surface area contributed by atoms with E-state index in [-0.39, 0.29) is 14.9 Å². The van der Waals surface area contributed by atoms with Crippen molar-refractivity contribution in [2.75, 3.05) is 16.6 Å². The van der Waals surface area contributed by atoms with Crippen LogP contribution in [0.25, 0.3) is 0 Å². The summed E-state index contributed by atoms with van der Waals surface area (Å²) in [6.45, 7) is 2.25. The Balaban J connectivity index is 2.36. The molecule has 0 spiro atoms. The highest BCUT2D eigenvalue weighted by molar-refractivity contribution is 7.94. The van der Waals surface area contributed by atoms with Gasteiger partial charge in [-0.15, -0.1) is 0 Å². The zero-order valence-electron chi connectivity index (χ0n) is 10.3. The molecule has 2 rings (SSSR count). The van der Waals surface area contributed by atoms with E-state index in [1.165, 1.54) is 11.3 Å². The van der Waals surface area contributed by atoms with Crippen molar-refractivity contribution >= 4 is 49.1 Å². The van der Waals surface area contributed by atoms with Crippen LogP contribution in [0.5, 0.6) is 0 Å². The Kier molecular flexibility index (Phi) is 4.26. The second-order valence-corrected chi connectivity index (χ2v) is 7.43. The molecular weight excluding hydrogens is 322 g/mol. The Labute approximate surface area is 123 Å². The number of anilines is 2. The number of sulfonamides is 1. The molecule has 10 heteroatoms. The highest BCUT2D eigenvalue weighted by Gasteiger charge is 2.26. The summed E-state index contributed by atoms with van der Waals surface area (Å²) in [7, 11) is -3.81. The van der Waals surface area contributed by atoms with Crippen LogP contribution in [0.1, 0.15) is 6.92 Å². The second-order valence-electron chi connectivity index (χ2n) is 3.68. The maximum atomic E-state index is 12.1. The average Bonchev–Trinajstić information content (AvgIpc) is 2.98. The van der Waals surface area contributed by atoms with Crippen molar-refractivity contribution in [3.63, 3.8) is 0 Å². The van der Waals surface area contributed by atoms with Gasteiger partial charge in [-0.3, -0.25) is 14.8 Å². The maximum Gasteiger partial charge on any atom is 0.304 e. The summed E-state index contributed by atoms with van der Waals surface area (Å²) in [5.74, 6) is 0. The van der Waals surface area contributed by atoms with Crippen molar-refractivity contribution in [2.45, 2.75) is 11.1 Å². The first-order valence-electron chi connectivity index (χ1n) is 5.51. The van der Waals surface area contributed by atoms with Gasteiger partial charge in [0.1, 0.15) is 4.21 Å². The molecule has 0 fully saturated rings. The lowest BCUT2D eigenvalue weighted by molar-refractivity contribution is -0.383.